The van der Waals surface area contributed by atoms with Crippen LogP contribution in [0.4, 0.5) is 0 Å². The van der Waals surface area contributed by atoms with E-state index in [2.05, 4.69) is 16.4 Å². The number of amides is 2. The Kier molecular flexibility index (Phi) is 4.82. The molecule has 3 aromatic rings. The van der Waals surface area contributed by atoms with Gasteiger partial charge in [-0.2, -0.15) is 0 Å². The molecule has 1 fully saturated rings. The monoisotopic (exact) mass is 373 g/mol. The van der Waals surface area contributed by atoms with Gasteiger partial charge < -0.3 is 10.2 Å². The number of carbonyl (C=O) groups is 2. The van der Waals surface area contributed by atoms with Gasteiger partial charge in [0.25, 0.3) is 5.91 Å². The van der Waals surface area contributed by atoms with E-state index in [1.54, 1.807) is 4.90 Å². The summed E-state index contributed by atoms with van der Waals surface area (Å²) in [4.78, 5) is 31.6. The Balaban J connectivity index is 1.72. The van der Waals surface area contributed by atoms with Crippen molar-refractivity contribution in [2.24, 2.45) is 5.92 Å². The minimum Gasteiger partial charge on any atom is -0.353 e. The molecule has 0 radical (unpaired) electrons. The number of rotatable bonds is 3. The van der Waals surface area contributed by atoms with Crippen molar-refractivity contribution in [2.45, 2.75) is 19.9 Å². The molecule has 142 valence electrons. The first kappa shape index (κ1) is 18.2. The van der Waals surface area contributed by atoms with Crippen LogP contribution in [0.15, 0.2) is 60.9 Å². The molecule has 5 heteroatoms. The second kappa shape index (κ2) is 7.43. The average molecular weight is 373 g/mol. The van der Waals surface area contributed by atoms with Gasteiger partial charge in [0.1, 0.15) is 6.04 Å². The predicted molar refractivity (Wildman–Crippen MR) is 110 cm³/mol. The summed E-state index contributed by atoms with van der Waals surface area (Å²) in [6.45, 7) is 4.94. The van der Waals surface area contributed by atoms with Gasteiger partial charge in [-0.1, -0.05) is 50.2 Å². The van der Waals surface area contributed by atoms with E-state index in [4.69, 9.17) is 0 Å². The predicted octanol–water partition coefficient (Wildman–Crippen LogP) is 3.50. The molecule has 1 atom stereocenters. The summed E-state index contributed by atoms with van der Waals surface area (Å²) in [5.41, 5.74) is 2.52. The summed E-state index contributed by atoms with van der Waals surface area (Å²) in [6, 6.07) is 15.2. The Bertz CT molecular complexity index is 1040. The van der Waals surface area contributed by atoms with Gasteiger partial charge in [-0.25, -0.2) is 0 Å². The number of nitrogens with one attached hydrogen (secondary N) is 1. The van der Waals surface area contributed by atoms with Gasteiger partial charge >= 0.3 is 0 Å². The summed E-state index contributed by atoms with van der Waals surface area (Å²) in [6.07, 6.45) is 3.67. The molecule has 1 aromatic heterocycles. The fourth-order valence-corrected chi connectivity index (χ4v) is 3.91. The van der Waals surface area contributed by atoms with Crippen molar-refractivity contribution in [2.75, 3.05) is 13.1 Å². The van der Waals surface area contributed by atoms with Gasteiger partial charge in [0.05, 0.1) is 0 Å². The lowest BCUT2D eigenvalue weighted by atomic mass is 9.96. The minimum absolute atomic E-state index is 0.0506. The molecule has 1 aliphatic heterocycles. The summed E-state index contributed by atoms with van der Waals surface area (Å²) in [5.74, 6) is -0.137. The molecule has 28 heavy (non-hydrogen) atoms. The molecule has 1 aliphatic rings. The van der Waals surface area contributed by atoms with Crippen molar-refractivity contribution < 1.29 is 9.59 Å². The first-order valence-electron chi connectivity index (χ1n) is 9.58. The van der Waals surface area contributed by atoms with E-state index in [0.29, 0.717) is 18.7 Å². The van der Waals surface area contributed by atoms with Crippen LogP contribution in [0, 0.1) is 5.92 Å². The van der Waals surface area contributed by atoms with Crippen molar-refractivity contribution in [1.29, 1.82) is 0 Å². The smallest absolute Gasteiger partial charge is 0.254 e. The number of aromatic nitrogens is 1. The topological polar surface area (TPSA) is 62.3 Å². The van der Waals surface area contributed by atoms with Crippen LogP contribution in [0.25, 0.3) is 21.9 Å². The fourth-order valence-electron chi connectivity index (χ4n) is 3.91. The Labute approximate surface area is 164 Å². The van der Waals surface area contributed by atoms with Crippen LogP contribution in [0.1, 0.15) is 24.2 Å². The number of benzene rings is 2. The quantitative estimate of drug-likeness (QED) is 0.764. The number of fused-ring (bicyclic) bond motifs is 1. The van der Waals surface area contributed by atoms with E-state index < -0.39 is 6.04 Å². The Morgan fingerprint density at radius 1 is 1.14 bits per heavy atom. The average Bonchev–Trinajstić information content (AvgIpc) is 2.72. The number of pyridine rings is 1. The maximum atomic E-state index is 13.2. The van der Waals surface area contributed by atoms with Crippen LogP contribution < -0.4 is 5.32 Å². The van der Waals surface area contributed by atoms with Crippen LogP contribution >= 0.6 is 0 Å². The summed E-state index contributed by atoms with van der Waals surface area (Å²) in [7, 11) is 0. The van der Waals surface area contributed by atoms with E-state index >= 15 is 0 Å². The van der Waals surface area contributed by atoms with Gasteiger partial charge in [-0.05, 0) is 29.0 Å². The number of carbonyl (C=O) groups excluding carboxylic acids is 2. The zero-order valence-corrected chi connectivity index (χ0v) is 16.1. The first-order valence-corrected chi connectivity index (χ1v) is 9.58. The molecule has 1 unspecified atom stereocenters. The Hall–Kier alpha value is -3.21. The normalized spacial score (nSPS) is 17.0. The molecule has 0 saturated carbocycles. The summed E-state index contributed by atoms with van der Waals surface area (Å²) in [5, 5.41) is 5.02. The molecule has 0 spiro atoms. The number of hydrogen-bond donors (Lipinski definition) is 1. The molecule has 1 saturated heterocycles. The molecule has 2 heterocycles. The third-order valence-corrected chi connectivity index (χ3v) is 5.24. The van der Waals surface area contributed by atoms with Gasteiger partial charge in [-0.3, -0.25) is 14.6 Å². The van der Waals surface area contributed by atoms with Crippen LogP contribution in [-0.2, 0) is 4.79 Å². The molecular weight excluding hydrogens is 350 g/mol. The van der Waals surface area contributed by atoms with Crippen LogP contribution in [0.3, 0.4) is 0 Å². The van der Waals surface area contributed by atoms with Crippen molar-refractivity contribution >= 4 is 22.6 Å². The number of piperazine rings is 1. The van der Waals surface area contributed by atoms with Gasteiger partial charge in [0, 0.05) is 42.0 Å². The van der Waals surface area contributed by atoms with E-state index in [9.17, 15) is 9.59 Å². The maximum Gasteiger partial charge on any atom is 0.254 e. The summed E-state index contributed by atoms with van der Waals surface area (Å²) >= 11 is 0. The molecule has 2 amide bonds. The van der Waals surface area contributed by atoms with Crippen molar-refractivity contribution in [3.63, 3.8) is 0 Å². The highest BCUT2D eigenvalue weighted by Gasteiger charge is 2.35. The van der Waals surface area contributed by atoms with Crippen LogP contribution in [-0.4, -0.2) is 40.8 Å². The van der Waals surface area contributed by atoms with Crippen molar-refractivity contribution in [3.05, 3.63) is 66.5 Å². The van der Waals surface area contributed by atoms with Crippen molar-refractivity contribution in [1.82, 2.24) is 15.2 Å². The van der Waals surface area contributed by atoms with Gasteiger partial charge in [-0.15, -0.1) is 0 Å². The molecule has 0 bridgehead atoms. The van der Waals surface area contributed by atoms with Gasteiger partial charge in [0.2, 0.25) is 5.91 Å². The SMILES string of the molecule is CC(C)C1C(=O)NCCN1C(=O)c1cccc(-c2cncc3ccccc23)c1. The minimum atomic E-state index is -0.441. The van der Waals surface area contributed by atoms with Gasteiger partial charge in [0.15, 0.2) is 0 Å². The highest BCUT2D eigenvalue weighted by atomic mass is 16.2. The standard InChI is InChI=1S/C23H23N3O2/c1-15(2)21-22(27)25-10-11-26(21)23(28)17-8-5-7-16(12-17)20-14-24-13-18-6-3-4-9-19(18)20/h3-9,12-15,21H,10-11H2,1-2H3,(H,25,27). The Morgan fingerprint density at radius 2 is 1.96 bits per heavy atom. The lowest BCUT2D eigenvalue weighted by molar-refractivity contribution is -0.129. The zero-order chi connectivity index (χ0) is 19.7. The lowest BCUT2D eigenvalue weighted by Crippen LogP contribution is -2.59. The third-order valence-electron chi connectivity index (χ3n) is 5.24. The molecule has 1 N–H and O–H groups in total. The van der Waals surface area contributed by atoms with E-state index in [-0.39, 0.29) is 17.7 Å². The third kappa shape index (κ3) is 3.24. The largest absolute Gasteiger partial charge is 0.353 e. The molecule has 2 aromatic carbocycles. The van der Waals surface area contributed by atoms with E-state index in [1.807, 2.05) is 68.7 Å². The van der Waals surface area contributed by atoms with Crippen LogP contribution in [0.2, 0.25) is 0 Å². The second-order valence-corrected chi connectivity index (χ2v) is 7.47. The van der Waals surface area contributed by atoms with E-state index in [1.165, 1.54) is 0 Å². The highest BCUT2D eigenvalue weighted by molar-refractivity contribution is 6.01. The highest BCUT2D eigenvalue weighted by Crippen LogP contribution is 2.28. The zero-order valence-electron chi connectivity index (χ0n) is 16.1. The first-order chi connectivity index (χ1) is 13.6. The fraction of sp³-hybridized carbons (Fsp3) is 0.261. The van der Waals surface area contributed by atoms with Crippen molar-refractivity contribution in [3.8, 4) is 11.1 Å². The van der Waals surface area contributed by atoms with Crippen LogP contribution in [0.5, 0.6) is 0 Å². The molecule has 0 aliphatic carbocycles. The molecule has 4 rings (SSSR count). The Morgan fingerprint density at radius 3 is 2.79 bits per heavy atom. The van der Waals surface area contributed by atoms with E-state index in [0.717, 1.165) is 21.9 Å². The summed E-state index contributed by atoms with van der Waals surface area (Å²) < 4.78 is 0. The number of hydrogen-bond acceptors (Lipinski definition) is 3. The molecular formula is C23H23N3O2. The maximum absolute atomic E-state index is 13.2. The lowest BCUT2D eigenvalue weighted by Gasteiger charge is -2.37. The number of nitrogens with zero attached hydrogens (tertiary/aromatic N) is 2. The molecule has 5 nitrogen and oxygen atoms in total. The second-order valence-electron chi connectivity index (χ2n) is 7.47.